The smallest absolute Gasteiger partial charge is 0.370 e. The van der Waals surface area contributed by atoms with E-state index in [4.69, 9.17) is 11.6 Å². The van der Waals surface area contributed by atoms with Crippen LogP contribution in [0, 0.1) is 0 Å². The molecule has 19 heavy (non-hydrogen) atoms. The highest BCUT2D eigenvalue weighted by molar-refractivity contribution is 6.30. The van der Waals surface area contributed by atoms with E-state index in [1.165, 1.54) is 0 Å². The van der Waals surface area contributed by atoms with Crippen molar-refractivity contribution in [1.82, 2.24) is 5.32 Å². The van der Waals surface area contributed by atoms with E-state index in [0.29, 0.717) is 5.56 Å². The third kappa shape index (κ3) is 6.45. The van der Waals surface area contributed by atoms with Gasteiger partial charge in [0.25, 0.3) is 0 Å². The SMILES string of the molecule is O=C(NCCOCC(F)(F)F)C(Cl)c1ccccc1. The summed E-state index contributed by atoms with van der Waals surface area (Å²) in [5, 5.41) is 1.53. The minimum Gasteiger partial charge on any atom is -0.370 e. The van der Waals surface area contributed by atoms with E-state index >= 15 is 0 Å². The summed E-state index contributed by atoms with van der Waals surface area (Å²) in [6.07, 6.45) is -4.36. The number of ether oxygens (including phenoxy) is 1. The third-order valence-corrected chi connectivity index (χ3v) is 2.58. The molecule has 1 unspecified atom stereocenters. The van der Waals surface area contributed by atoms with Gasteiger partial charge in [-0.25, -0.2) is 0 Å². The lowest BCUT2D eigenvalue weighted by Crippen LogP contribution is -2.31. The van der Waals surface area contributed by atoms with Crippen molar-refractivity contribution in [3.8, 4) is 0 Å². The maximum absolute atomic E-state index is 11.8. The van der Waals surface area contributed by atoms with Crippen LogP contribution in [0.3, 0.4) is 0 Å². The van der Waals surface area contributed by atoms with E-state index in [-0.39, 0.29) is 13.2 Å². The Balaban J connectivity index is 2.25. The van der Waals surface area contributed by atoms with Gasteiger partial charge in [0.2, 0.25) is 5.91 Å². The van der Waals surface area contributed by atoms with E-state index in [9.17, 15) is 18.0 Å². The number of carbonyl (C=O) groups is 1. The van der Waals surface area contributed by atoms with Gasteiger partial charge in [0.05, 0.1) is 6.61 Å². The first-order valence-electron chi connectivity index (χ1n) is 5.51. The summed E-state index contributed by atoms with van der Waals surface area (Å²) < 4.78 is 39.6. The van der Waals surface area contributed by atoms with Crippen molar-refractivity contribution in [3.05, 3.63) is 35.9 Å². The van der Waals surface area contributed by atoms with Crippen LogP contribution in [0.4, 0.5) is 13.2 Å². The number of carbonyl (C=O) groups excluding carboxylic acids is 1. The molecule has 1 aromatic rings. The molecule has 3 nitrogen and oxygen atoms in total. The average molecular weight is 296 g/mol. The van der Waals surface area contributed by atoms with Crippen molar-refractivity contribution in [1.29, 1.82) is 0 Å². The highest BCUT2D eigenvalue weighted by Gasteiger charge is 2.27. The first-order valence-corrected chi connectivity index (χ1v) is 5.95. The van der Waals surface area contributed by atoms with Gasteiger partial charge in [-0.1, -0.05) is 30.3 Å². The Morgan fingerprint density at radius 2 is 1.95 bits per heavy atom. The Morgan fingerprint density at radius 1 is 1.32 bits per heavy atom. The summed E-state index contributed by atoms with van der Waals surface area (Å²) in [5.74, 6) is -0.469. The van der Waals surface area contributed by atoms with E-state index in [2.05, 4.69) is 10.1 Å². The maximum Gasteiger partial charge on any atom is 0.411 e. The van der Waals surface area contributed by atoms with Gasteiger partial charge in [0.1, 0.15) is 12.0 Å². The molecule has 0 fully saturated rings. The minimum absolute atomic E-state index is 0.0229. The molecule has 1 amide bonds. The lowest BCUT2D eigenvalue weighted by atomic mass is 10.1. The Morgan fingerprint density at radius 3 is 2.53 bits per heavy atom. The zero-order valence-electron chi connectivity index (χ0n) is 9.91. The molecule has 1 rings (SSSR count). The number of nitrogens with one attached hydrogen (secondary N) is 1. The number of halogens is 4. The number of amides is 1. The van der Waals surface area contributed by atoms with Crippen LogP contribution in [0.1, 0.15) is 10.9 Å². The zero-order chi connectivity index (χ0) is 14.3. The van der Waals surface area contributed by atoms with Gasteiger partial charge >= 0.3 is 6.18 Å². The summed E-state index contributed by atoms with van der Waals surface area (Å²) >= 11 is 5.91. The molecule has 0 spiro atoms. The highest BCUT2D eigenvalue weighted by Crippen LogP contribution is 2.19. The number of alkyl halides is 4. The predicted molar refractivity (Wildman–Crippen MR) is 64.9 cm³/mol. The summed E-state index contributed by atoms with van der Waals surface area (Å²) in [4.78, 5) is 11.6. The number of benzene rings is 1. The summed E-state index contributed by atoms with van der Waals surface area (Å²) in [5.41, 5.74) is 0.623. The van der Waals surface area contributed by atoms with Crippen LogP contribution in [0.5, 0.6) is 0 Å². The molecule has 0 aromatic heterocycles. The lowest BCUT2D eigenvalue weighted by molar-refractivity contribution is -0.173. The predicted octanol–water partition coefficient (Wildman–Crippen LogP) is 2.66. The first-order chi connectivity index (χ1) is 8.90. The fourth-order valence-electron chi connectivity index (χ4n) is 1.30. The molecule has 0 aliphatic carbocycles. The number of rotatable bonds is 6. The summed E-state index contributed by atoms with van der Waals surface area (Å²) in [6, 6.07) is 8.65. The molecule has 7 heteroatoms. The molecule has 106 valence electrons. The van der Waals surface area contributed by atoms with Crippen LogP contribution in [0.2, 0.25) is 0 Å². The Bertz CT molecular complexity index is 398. The standard InChI is InChI=1S/C12H13ClF3NO2/c13-10(9-4-2-1-3-5-9)11(18)17-6-7-19-8-12(14,15)16/h1-5,10H,6-8H2,(H,17,18). The fraction of sp³-hybridized carbons (Fsp3) is 0.417. The molecule has 0 aliphatic heterocycles. The van der Waals surface area contributed by atoms with Crippen LogP contribution in [-0.2, 0) is 9.53 Å². The maximum atomic E-state index is 11.8. The molecule has 1 aromatic carbocycles. The normalized spacial score (nSPS) is 13.1. The second kappa shape index (κ2) is 7.35. The lowest BCUT2D eigenvalue weighted by Gasteiger charge is -2.11. The molecule has 0 saturated carbocycles. The van der Waals surface area contributed by atoms with E-state index in [1.807, 2.05) is 0 Å². The van der Waals surface area contributed by atoms with Gasteiger partial charge in [-0.3, -0.25) is 4.79 Å². The summed E-state index contributed by atoms with van der Waals surface area (Å²) in [7, 11) is 0. The van der Waals surface area contributed by atoms with Gasteiger partial charge in [-0.15, -0.1) is 11.6 Å². The third-order valence-electron chi connectivity index (χ3n) is 2.13. The van der Waals surface area contributed by atoms with Crippen molar-refractivity contribution in [2.45, 2.75) is 11.6 Å². The second-order valence-electron chi connectivity index (χ2n) is 3.73. The van der Waals surface area contributed by atoms with Crippen LogP contribution in [-0.4, -0.2) is 31.8 Å². The Hall–Kier alpha value is -1.27. The highest BCUT2D eigenvalue weighted by atomic mass is 35.5. The monoisotopic (exact) mass is 295 g/mol. The van der Waals surface area contributed by atoms with E-state index in [0.717, 1.165) is 0 Å². The van der Waals surface area contributed by atoms with Gasteiger partial charge in [-0.05, 0) is 5.56 Å². The largest absolute Gasteiger partial charge is 0.411 e. The van der Waals surface area contributed by atoms with Crippen molar-refractivity contribution < 1.29 is 22.7 Å². The van der Waals surface area contributed by atoms with Crippen LogP contribution < -0.4 is 5.32 Å². The van der Waals surface area contributed by atoms with Crippen molar-refractivity contribution in [2.75, 3.05) is 19.8 Å². The minimum atomic E-state index is -4.36. The van der Waals surface area contributed by atoms with Gasteiger partial charge in [0, 0.05) is 6.54 Å². The number of hydrogen-bond acceptors (Lipinski definition) is 2. The molecular weight excluding hydrogens is 283 g/mol. The van der Waals surface area contributed by atoms with E-state index < -0.39 is 24.1 Å². The molecule has 0 aliphatic rings. The molecule has 0 saturated heterocycles. The summed E-state index contributed by atoms with van der Waals surface area (Å²) in [6.45, 7) is -1.57. The fourth-order valence-corrected chi connectivity index (χ4v) is 1.52. The molecule has 1 atom stereocenters. The average Bonchev–Trinajstić information content (AvgIpc) is 2.37. The molecule has 1 N–H and O–H groups in total. The zero-order valence-corrected chi connectivity index (χ0v) is 10.7. The van der Waals surface area contributed by atoms with Crippen LogP contribution in [0.25, 0.3) is 0 Å². The van der Waals surface area contributed by atoms with Gasteiger partial charge in [0.15, 0.2) is 0 Å². The van der Waals surface area contributed by atoms with Crippen LogP contribution in [0.15, 0.2) is 30.3 Å². The van der Waals surface area contributed by atoms with Gasteiger partial charge < -0.3 is 10.1 Å². The molecular formula is C12H13ClF3NO2. The Labute approximate surface area is 113 Å². The van der Waals surface area contributed by atoms with E-state index in [1.54, 1.807) is 30.3 Å². The van der Waals surface area contributed by atoms with Crippen LogP contribution >= 0.6 is 11.6 Å². The molecule has 0 heterocycles. The number of hydrogen-bond donors (Lipinski definition) is 1. The quantitative estimate of drug-likeness (QED) is 0.647. The first kappa shape index (κ1) is 15.8. The molecule has 0 radical (unpaired) electrons. The molecule has 0 bridgehead atoms. The van der Waals surface area contributed by atoms with Crippen molar-refractivity contribution in [3.63, 3.8) is 0 Å². The second-order valence-corrected chi connectivity index (χ2v) is 4.17. The topological polar surface area (TPSA) is 38.3 Å². The van der Waals surface area contributed by atoms with Gasteiger partial charge in [-0.2, -0.15) is 13.2 Å². The van der Waals surface area contributed by atoms with Crippen molar-refractivity contribution >= 4 is 17.5 Å². The Kier molecular flexibility index (Phi) is 6.11. The van der Waals surface area contributed by atoms with Crippen molar-refractivity contribution in [2.24, 2.45) is 0 Å².